The molecule has 17 heavy (non-hydrogen) atoms. The second-order valence-electron chi connectivity index (χ2n) is 4.36. The van der Waals surface area contributed by atoms with E-state index in [2.05, 4.69) is 13.8 Å². The van der Waals surface area contributed by atoms with Crippen molar-refractivity contribution in [3.63, 3.8) is 0 Å². The molecule has 0 bridgehead atoms. The fourth-order valence-corrected chi connectivity index (χ4v) is 2.54. The smallest absolute Gasteiger partial charge is 0.156 e. The van der Waals surface area contributed by atoms with E-state index < -0.39 is 0 Å². The summed E-state index contributed by atoms with van der Waals surface area (Å²) in [6.07, 6.45) is 0.989. The van der Waals surface area contributed by atoms with Crippen LogP contribution in [0.3, 0.4) is 0 Å². The Hall–Kier alpha value is -0.440. The van der Waals surface area contributed by atoms with Crippen LogP contribution in [-0.4, -0.2) is 13.7 Å². The highest BCUT2D eigenvalue weighted by atomic mass is 35.5. The van der Waals surface area contributed by atoms with Crippen LogP contribution in [0.1, 0.15) is 31.7 Å². The van der Waals surface area contributed by atoms with Crippen LogP contribution in [0.2, 0.25) is 10.0 Å². The lowest BCUT2D eigenvalue weighted by Gasteiger charge is -2.21. The molecule has 4 heteroatoms. The van der Waals surface area contributed by atoms with Crippen molar-refractivity contribution in [3.8, 4) is 5.75 Å². The number of halogens is 2. The summed E-state index contributed by atoms with van der Waals surface area (Å²) in [7, 11) is 1.56. The Balaban J connectivity index is 2.99. The van der Waals surface area contributed by atoms with Crippen LogP contribution < -0.4 is 10.5 Å². The molecule has 1 aromatic rings. The first-order valence-corrected chi connectivity index (χ1v) is 6.49. The van der Waals surface area contributed by atoms with Crippen molar-refractivity contribution in [2.75, 3.05) is 13.7 Å². The Morgan fingerprint density at radius 1 is 1.24 bits per heavy atom. The lowest BCUT2D eigenvalue weighted by molar-refractivity contribution is 0.414. The van der Waals surface area contributed by atoms with Crippen LogP contribution in [0.25, 0.3) is 0 Å². The molecule has 0 amide bonds. The van der Waals surface area contributed by atoms with Gasteiger partial charge < -0.3 is 10.5 Å². The number of hydrogen-bond acceptors (Lipinski definition) is 2. The molecule has 0 spiro atoms. The minimum atomic E-state index is 0.374. The van der Waals surface area contributed by atoms with Gasteiger partial charge in [0.1, 0.15) is 0 Å². The minimum Gasteiger partial charge on any atom is -0.494 e. The average molecular weight is 276 g/mol. The highest BCUT2D eigenvalue weighted by Crippen LogP contribution is 2.37. The van der Waals surface area contributed by atoms with Crippen molar-refractivity contribution in [2.24, 2.45) is 11.7 Å². The van der Waals surface area contributed by atoms with E-state index in [1.165, 1.54) is 0 Å². The van der Waals surface area contributed by atoms with Gasteiger partial charge in [-0.3, -0.25) is 0 Å². The highest BCUT2D eigenvalue weighted by molar-refractivity contribution is 6.37. The quantitative estimate of drug-likeness (QED) is 0.879. The van der Waals surface area contributed by atoms with Crippen LogP contribution in [-0.2, 0) is 0 Å². The molecule has 0 aliphatic rings. The van der Waals surface area contributed by atoms with Crippen LogP contribution >= 0.6 is 23.2 Å². The summed E-state index contributed by atoms with van der Waals surface area (Å²) in [6, 6.07) is 3.84. The van der Waals surface area contributed by atoms with Crippen molar-refractivity contribution in [2.45, 2.75) is 26.2 Å². The zero-order valence-corrected chi connectivity index (χ0v) is 12.0. The van der Waals surface area contributed by atoms with E-state index in [-0.39, 0.29) is 0 Å². The molecule has 96 valence electrons. The van der Waals surface area contributed by atoms with Gasteiger partial charge in [0.25, 0.3) is 0 Å². The third kappa shape index (κ3) is 3.51. The van der Waals surface area contributed by atoms with Crippen molar-refractivity contribution in [1.29, 1.82) is 0 Å². The summed E-state index contributed by atoms with van der Waals surface area (Å²) < 4.78 is 5.13. The van der Waals surface area contributed by atoms with E-state index in [0.717, 1.165) is 12.0 Å². The molecule has 0 saturated carbocycles. The Kier molecular flexibility index (Phi) is 5.57. The monoisotopic (exact) mass is 275 g/mol. The van der Waals surface area contributed by atoms with E-state index in [4.69, 9.17) is 33.7 Å². The van der Waals surface area contributed by atoms with E-state index >= 15 is 0 Å². The lowest BCUT2D eigenvalue weighted by atomic mass is 9.87. The first kappa shape index (κ1) is 14.6. The Labute approximate surface area is 113 Å². The topological polar surface area (TPSA) is 35.2 Å². The van der Waals surface area contributed by atoms with Gasteiger partial charge in [-0.05, 0) is 42.5 Å². The highest BCUT2D eigenvalue weighted by Gasteiger charge is 2.17. The molecule has 0 aromatic heterocycles. The fourth-order valence-electron chi connectivity index (χ4n) is 1.88. The van der Waals surface area contributed by atoms with Crippen LogP contribution in [0.15, 0.2) is 12.1 Å². The van der Waals surface area contributed by atoms with E-state index in [9.17, 15) is 0 Å². The number of hydrogen-bond donors (Lipinski definition) is 1. The van der Waals surface area contributed by atoms with E-state index in [0.29, 0.717) is 34.2 Å². The lowest BCUT2D eigenvalue weighted by Crippen LogP contribution is -2.12. The zero-order valence-electron chi connectivity index (χ0n) is 10.5. The standard InChI is InChI=1S/C13H19Cl2NO/c1-8(4-5-16)9(2)10-6-11(14)13(17-3)12(15)7-10/h6-9H,4-5,16H2,1-3H3. The fraction of sp³-hybridized carbons (Fsp3) is 0.538. The molecule has 0 heterocycles. The number of nitrogens with two attached hydrogens (primary N) is 1. The number of ether oxygens (including phenoxy) is 1. The van der Waals surface area contributed by atoms with Crippen LogP contribution in [0.5, 0.6) is 5.75 Å². The van der Waals surface area contributed by atoms with Crippen LogP contribution in [0.4, 0.5) is 0 Å². The SMILES string of the molecule is COc1c(Cl)cc(C(C)C(C)CCN)cc1Cl. The number of benzene rings is 1. The summed E-state index contributed by atoms with van der Waals surface area (Å²) in [6.45, 7) is 5.04. The van der Waals surface area contributed by atoms with Crippen molar-refractivity contribution < 1.29 is 4.74 Å². The molecule has 2 nitrogen and oxygen atoms in total. The summed E-state index contributed by atoms with van der Waals surface area (Å²) in [4.78, 5) is 0. The summed E-state index contributed by atoms with van der Waals surface area (Å²) in [5, 5.41) is 1.11. The van der Waals surface area contributed by atoms with Crippen LogP contribution in [0, 0.1) is 5.92 Å². The maximum absolute atomic E-state index is 6.13. The molecule has 0 aliphatic heterocycles. The molecule has 0 aliphatic carbocycles. The molecular formula is C13H19Cl2NO. The Bertz CT molecular complexity index is 359. The Morgan fingerprint density at radius 3 is 2.18 bits per heavy atom. The van der Waals surface area contributed by atoms with Gasteiger partial charge in [-0.1, -0.05) is 37.0 Å². The molecule has 1 rings (SSSR count). The molecule has 2 N–H and O–H groups in total. The van der Waals surface area contributed by atoms with Crippen molar-refractivity contribution >= 4 is 23.2 Å². The van der Waals surface area contributed by atoms with Gasteiger partial charge in [-0.25, -0.2) is 0 Å². The van der Waals surface area contributed by atoms with Gasteiger partial charge in [-0.15, -0.1) is 0 Å². The molecule has 0 fully saturated rings. The first-order chi connectivity index (χ1) is 8.01. The first-order valence-electron chi connectivity index (χ1n) is 5.74. The normalized spacial score (nSPS) is 14.5. The van der Waals surface area contributed by atoms with Crippen molar-refractivity contribution in [1.82, 2.24) is 0 Å². The van der Waals surface area contributed by atoms with E-state index in [1.54, 1.807) is 7.11 Å². The summed E-state index contributed by atoms with van der Waals surface area (Å²) in [5.41, 5.74) is 6.71. The van der Waals surface area contributed by atoms with Gasteiger partial charge >= 0.3 is 0 Å². The molecule has 0 radical (unpaired) electrons. The van der Waals surface area contributed by atoms with Gasteiger partial charge in [0, 0.05) is 0 Å². The van der Waals surface area contributed by atoms with Gasteiger partial charge in [0.05, 0.1) is 17.2 Å². The average Bonchev–Trinajstić information content (AvgIpc) is 2.27. The summed E-state index contributed by atoms with van der Waals surface area (Å²) in [5.74, 6) is 1.41. The maximum atomic E-state index is 6.13. The number of methoxy groups -OCH3 is 1. The maximum Gasteiger partial charge on any atom is 0.156 e. The Morgan fingerprint density at radius 2 is 1.76 bits per heavy atom. The minimum absolute atomic E-state index is 0.374. The third-order valence-electron chi connectivity index (χ3n) is 3.23. The second-order valence-corrected chi connectivity index (χ2v) is 5.18. The van der Waals surface area contributed by atoms with E-state index in [1.807, 2.05) is 12.1 Å². The number of rotatable bonds is 5. The largest absolute Gasteiger partial charge is 0.494 e. The summed E-state index contributed by atoms with van der Waals surface area (Å²) >= 11 is 12.3. The third-order valence-corrected chi connectivity index (χ3v) is 3.79. The second kappa shape index (κ2) is 6.48. The van der Waals surface area contributed by atoms with Gasteiger partial charge in [-0.2, -0.15) is 0 Å². The van der Waals surface area contributed by atoms with Gasteiger partial charge in [0.2, 0.25) is 0 Å². The molecule has 1 aromatic carbocycles. The predicted molar refractivity (Wildman–Crippen MR) is 74.3 cm³/mol. The van der Waals surface area contributed by atoms with Crippen molar-refractivity contribution in [3.05, 3.63) is 27.7 Å². The predicted octanol–water partition coefficient (Wildman–Crippen LogP) is 4.09. The molecule has 2 atom stereocenters. The molecular weight excluding hydrogens is 257 g/mol. The molecule has 0 saturated heterocycles. The van der Waals surface area contributed by atoms with Gasteiger partial charge in [0.15, 0.2) is 5.75 Å². The zero-order chi connectivity index (χ0) is 13.0. The molecule has 2 unspecified atom stereocenters.